The molecule has 0 aliphatic carbocycles. The van der Waals surface area contributed by atoms with Crippen LogP contribution < -0.4 is 5.32 Å². The molecule has 0 atom stereocenters. The lowest BCUT2D eigenvalue weighted by molar-refractivity contribution is 0.102. The maximum Gasteiger partial charge on any atom is 0.255 e. The topological polar surface area (TPSA) is 61.7 Å². The van der Waals surface area contributed by atoms with Crippen LogP contribution in [0.15, 0.2) is 52.1 Å². The number of benzene rings is 2. The molecule has 0 heterocycles. The first-order valence-corrected chi connectivity index (χ1v) is 6.86. The number of hydrogen-bond donors (Lipinski definition) is 2. The van der Waals surface area contributed by atoms with Crippen LogP contribution in [0.3, 0.4) is 0 Å². The SMILES string of the molecule is C/C(=N\O)c1ccccc1NC(=O)c1cc(F)cc(Br)c1. The van der Waals surface area contributed by atoms with Gasteiger partial charge in [0.2, 0.25) is 0 Å². The molecule has 0 saturated heterocycles. The van der Waals surface area contributed by atoms with Crippen LogP contribution >= 0.6 is 15.9 Å². The van der Waals surface area contributed by atoms with Crippen LogP contribution in [-0.4, -0.2) is 16.8 Å². The minimum absolute atomic E-state index is 0.190. The van der Waals surface area contributed by atoms with Gasteiger partial charge in [-0.25, -0.2) is 4.39 Å². The highest BCUT2D eigenvalue weighted by molar-refractivity contribution is 9.10. The van der Waals surface area contributed by atoms with Gasteiger partial charge in [-0.2, -0.15) is 0 Å². The summed E-state index contributed by atoms with van der Waals surface area (Å²) in [5.41, 5.74) is 1.63. The minimum atomic E-state index is -0.504. The third-order valence-corrected chi connectivity index (χ3v) is 3.30. The van der Waals surface area contributed by atoms with Crippen LogP contribution in [-0.2, 0) is 0 Å². The number of carbonyl (C=O) groups is 1. The molecule has 2 rings (SSSR count). The molecule has 0 unspecified atom stereocenters. The van der Waals surface area contributed by atoms with Gasteiger partial charge in [0.15, 0.2) is 0 Å². The summed E-state index contributed by atoms with van der Waals surface area (Å²) in [6.45, 7) is 1.61. The third kappa shape index (κ3) is 3.66. The molecule has 1 amide bonds. The summed E-state index contributed by atoms with van der Waals surface area (Å²) in [6, 6.07) is 10.8. The molecule has 4 nitrogen and oxygen atoms in total. The zero-order valence-corrected chi connectivity index (χ0v) is 12.7. The average Bonchev–Trinajstić information content (AvgIpc) is 2.46. The first-order chi connectivity index (χ1) is 10.0. The minimum Gasteiger partial charge on any atom is -0.411 e. The number of halogens is 2. The summed E-state index contributed by atoms with van der Waals surface area (Å²) in [5, 5.41) is 14.7. The molecule has 21 heavy (non-hydrogen) atoms. The van der Waals surface area contributed by atoms with Crippen LogP contribution in [0.25, 0.3) is 0 Å². The van der Waals surface area contributed by atoms with Crippen molar-refractivity contribution < 1.29 is 14.4 Å². The van der Waals surface area contributed by atoms with E-state index < -0.39 is 11.7 Å². The Balaban J connectivity index is 2.32. The highest BCUT2D eigenvalue weighted by Crippen LogP contribution is 2.19. The summed E-state index contributed by atoms with van der Waals surface area (Å²) in [6.07, 6.45) is 0. The van der Waals surface area contributed by atoms with Gasteiger partial charge < -0.3 is 10.5 Å². The Morgan fingerprint density at radius 1 is 1.29 bits per heavy atom. The van der Waals surface area contributed by atoms with E-state index in [-0.39, 0.29) is 5.56 Å². The van der Waals surface area contributed by atoms with Crippen molar-refractivity contribution in [2.75, 3.05) is 5.32 Å². The van der Waals surface area contributed by atoms with E-state index in [1.165, 1.54) is 12.1 Å². The number of oxime groups is 1. The number of carbonyl (C=O) groups excluding carboxylic acids is 1. The van der Waals surface area contributed by atoms with E-state index >= 15 is 0 Å². The van der Waals surface area contributed by atoms with E-state index in [4.69, 9.17) is 5.21 Å². The van der Waals surface area contributed by atoms with Gasteiger partial charge in [0.05, 0.1) is 11.4 Å². The molecule has 2 N–H and O–H groups in total. The van der Waals surface area contributed by atoms with Crippen molar-refractivity contribution in [1.82, 2.24) is 0 Å². The van der Waals surface area contributed by atoms with Gasteiger partial charge >= 0.3 is 0 Å². The quantitative estimate of drug-likeness (QED) is 0.498. The van der Waals surface area contributed by atoms with Crippen molar-refractivity contribution in [2.24, 2.45) is 5.16 Å². The first kappa shape index (κ1) is 15.2. The lowest BCUT2D eigenvalue weighted by atomic mass is 10.1. The van der Waals surface area contributed by atoms with Crippen molar-refractivity contribution in [3.8, 4) is 0 Å². The van der Waals surface area contributed by atoms with Gasteiger partial charge in [-0.05, 0) is 31.2 Å². The number of amides is 1. The lowest BCUT2D eigenvalue weighted by Crippen LogP contribution is -2.14. The van der Waals surface area contributed by atoms with Crippen molar-refractivity contribution in [2.45, 2.75) is 6.92 Å². The average molecular weight is 351 g/mol. The van der Waals surface area contributed by atoms with Crippen LogP contribution in [0, 0.1) is 5.82 Å². The van der Waals surface area contributed by atoms with E-state index in [1.807, 2.05) is 0 Å². The van der Waals surface area contributed by atoms with E-state index in [9.17, 15) is 9.18 Å². The molecule has 0 aliphatic heterocycles. The number of anilines is 1. The summed E-state index contributed by atoms with van der Waals surface area (Å²) in [5.74, 6) is -0.954. The Morgan fingerprint density at radius 2 is 2.00 bits per heavy atom. The molecule has 0 aliphatic rings. The largest absolute Gasteiger partial charge is 0.411 e. The molecule has 0 spiro atoms. The molecular formula is C15H12BrFN2O2. The number of rotatable bonds is 3. The van der Waals surface area contributed by atoms with Gasteiger partial charge in [-0.1, -0.05) is 39.3 Å². The number of nitrogens with zero attached hydrogens (tertiary/aromatic N) is 1. The normalized spacial score (nSPS) is 11.3. The van der Waals surface area contributed by atoms with E-state index in [2.05, 4.69) is 26.4 Å². The summed E-state index contributed by atoms with van der Waals surface area (Å²) in [7, 11) is 0. The highest BCUT2D eigenvalue weighted by atomic mass is 79.9. The summed E-state index contributed by atoms with van der Waals surface area (Å²) < 4.78 is 13.8. The molecule has 0 fully saturated rings. The maximum atomic E-state index is 13.3. The molecule has 2 aromatic carbocycles. The standard InChI is InChI=1S/C15H12BrFN2O2/c1-9(19-21)13-4-2-3-5-14(13)18-15(20)10-6-11(16)8-12(17)7-10/h2-8,21H,1H3,(H,18,20)/b19-9+. The Morgan fingerprint density at radius 3 is 2.67 bits per heavy atom. The fourth-order valence-electron chi connectivity index (χ4n) is 1.84. The summed E-state index contributed by atoms with van der Waals surface area (Å²) in [4.78, 5) is 12.2. The van der Waals surface area contributed by atoms with Crippen molar-refractivity contribution >= 4 is 33.2 Å². The molecule has 108 valence electrons. The molecule has 0 saturated carbocycles. The van der Waals surface area contributed by atoms with E-state index in [0.29, 0.717) is 21.4 Å². The van der Waals surface area contributed by atoms with Crippen molar-refractivity contribution in [3.63, 3.8) is 0 Å². The first-order valence-electron chi connectivity index (χ1n) is 6.07. The van der Waals surface area contributed by atoms with Gasteiger partial charge in [0.1, 0.15) is 5.82 Å². The maximum absolute atomic E-state index is 13.3. The Hall–Kier alpha value is -2.21. The summed E-state index contributed by atoms with van der Waals surface area (Å²) >= 11 is 3.14. The third-order valence-electron chi connectivity index (χ3n) is 2.84. The molecule has 0 radical (unpaired) electrons. The number of para-hydroxylation sites is 1. The van der Waals surface area contributed by atoms with Gasteiger partial charge in [0, 0.05) is 15.6 Å². The fraction of sp³-hybridized carbons (Fsp3) is 0.0667. The fourth-order valence-corrected chi connectivity index (χ4v) is 2.31. The number of nitrogens with one attached hydrogen (secondary N) is 1. The Bertz CT molecular complexity index is 696. The molecule has 0 aromatic heterocycles. The highest BCUT2D eigenvalue weighted by Gasteiger charge is 2.12. The predicted molar refractivity (Wildman–Crippen MR) is 82.5 cm³/mol. The van der Waals surface area contributed by atoms with Crippen LogP contribution in [0.2, 0.25) is 0 Å². The Labute approximate surface area is 129 Å². The zero-order chi connectivity index (χ0) is 15.4. The van der Waals surface area contributed by atoms with Crippen LogP contribution in [0.1, 0.15) is 22.8 Å². The molecule has 0 bridgehead atoms. The van der Waals surface area contributed by atoms with E-state index in [1.54, 1.807) is 31.2 Å². The predicted octanol–water partition coefficient (Wildman–Crippen LogP) is 4.04. The smallest absolute Gasteiger partial charge is 0.255 e. The number of hydrogen-bond acceptors (Lipinski definition) is 3. The van der Waals surface area contributed by atoms with Gasteiger partial charge in [-0.15, -0.1) is 0 Å². The van der Waals surface area contributed by atoms with Gasteiger partial charge in [-0.3, -0.25) is 4.79 Å². The second-order valence-corrected chi connectivity index (χ2v) is 5.26. The van der Waals surface area contributed by atoms with Gasteiger partial charge in [0.25, 0.3) is 5.91 Å². The lowest BCUT2D eigenvalue weighted by Gasteiger charge is -2.10. The second kappa shape index (κ2) is 6.49. The van der Waals surface area contributed by atoms with E-state index in [0.717, 1.165) is 6.07 Å². The van der Waals surface area contributed by atoms with Crippen molar-refractivity contribution in [3.05, 3.63) is 63.9 Å². The Kier molecular flexibility index (Phi) is 4.70. The van der Waals surface area contributed by atoms with Crippen molar-refractivity contribution in [1.29, 1.82) is 0 Å². The second-order valence-electron chi connectivity index (χ2n) is 4.34. The molecular weight excluding hydrogens is 339 g/mol. The zero-order valence-electron chi connectivity index (χ0n) is 11.1. The monoisotopic (exact) mass is 350 g/mol. The van der Waals surface area contributed by atoms with Crippen LogP contribution in [0.4, 0.5) is 10.1 Å². The molecule has 6 heteroatoms. The van der Waals surface area contributed by atoms with Crippen LogP contribution in [0.5, 0.6) is 0 Å². The molecule has 2 aromatic rings.